The normalized spacial score (nSPS) is 19.0. The van der Waals surface area contributed by atoms with Gasteiger partial charge in [0.1, 0.15) is 5.60 Å². The molecule has 32 heavy (non-hydrogen) atoms. The fourth-order valence-electron chi connectivity index (χ4n) is 3.48. The number of carbonyl (C=O) groups excluding carboxylic acids is 2. The van der Waals surface area contributed by atoms with Crippen LogP contribution in [0.15, 0.2) is 30.3 Å². The molecule has 2 aromatic rings. The summed E-state index contributed by atoms with van der Waals surface area (Å²) in [4.78, 5) is 28.6. The van der Waals surface area contributed by atoms with E-state index in [0.29, 0.717) is 29.0 Å². The largest absolute Gasteiger partial charge is 0.481 e. The van der Waals surface area contributed by atoms with Crippen molar-refractivity contribution in [1.82, 2.24) is 10.3 Å². The van der Waals surface area contributed by atoms with Crippen LogP contribution in [-0.4, -0.2) is 55.6 Å². The van der Waals surface area contributed by atoms with E-state index < -0.39 is 17.7 Å². The van der Waals surface area contributed by atoms with Gasteiger partial charge in [-0.3, -0.25) is 0 Å². The highest BCUT2D eigenvalue weighted by atomic mass is 16.6. The quantitative estimate of drug-likeness (QED) is 0.696. The lowest BCUT2D eigenvalue weighted by Gasteiger charge is -2.29. The molecule has 1 aliphatic heterocycles. The van der Waals surface area contributed by atoms with Gasteiger partial charge in [-0.15, -0.1) is 0 Å². The third-order valence-corrected chi connectivity index (χ3v) is 5.00. The van der Waals surface area contributed by atoms with Crippen molar-refractivity contribution in [2.24, 2.45) is 0 Å². The second kappa shape index (κ2) is 9.99. The topological polar surface area (TPSA) is 96.0 Å². The molecule has 0 saturated carbocycles. The zero-order valence-corrected chi connectivity index (χ0v) is 19.1. The minimum absolute atomic E-state index is 0.0828. The number of nitrogens with zero attached hydrogens (tertiary/aromatic N) is 1. The molecule has 2 unspecified atom stereocenters. The maximum Gasteiger partial charge on any atom is 0.407 e. The maximum atomic E-state index is 12.1. The van der Waals surface area contributed by atoms with Gasteiger partial charge in [-0.2, -0.15) is 0 Å². The minimum atomic E-state index is -0.534. The molecule has 1 fully saturated rings. The van der Waals surface area contributed by atoms with Crippen LogP contribution < -0.4 is 10.1 Å². The molecule has 1 saturated heterocycles. The van der Waals surface area contributed by atoms with Crippen molar-refractivity contribution in [3.63, 3.8) is 0 Å². The highest BCUT2D eigenvalue weighted by Gasteiger charge is 2.24. The smallest absolute Gasteiger partial charge is 0.407 e. The molecule has 2 atom stereocenters. The lowest BCUT2D eigenvalue weighted by atomic mass is 10.0. The van der Waals surface area contributed by atoms with Gasteiger partial charge in [-0.25, -0.2) is 14.6 Å². The highest BCUT2D eigenvalue weighted by Crippen LogP contribution is 2.26. The summed E-state index contributed by atoms with van der Waals surface area (Å²) in [5.41, 5.74) is 1.39. The molecule has 0 aliphatic carbocycles. The van der Waals surface area contributed by atoms with Gasteiger partial charge in [-0.1, -0.05) is 18.2 Å². The number of hydrogen-bond acceptors (Lipinski definition) is 7. The van der Waals surface area contributed by atoms with Crippen LogP contribution >= 0.6 is 0 Å². The van der Waals surface area contributed by atoms with Crippen LogP contribution in [0, 0.1) is 0 Å². The molecule has 3 rings (SSSR count). The Morgan fingerprint density at radius 3 is 2.56 bits per heavy atom. The molecule has 1 aromatic heterocycles. The Balaban J connectivity index is 1.70. The SMILES string of the molecule is COC(=O)c1ccc(C=CC2CCC(NC(=O)OC(C)(C)C)CO2)c2nc(OC)ccc12. The van der Waals surface area contributed by atoms with Gasteiger partial charge in [0.05, 0.1) is 44.1 Å². The number of esters is 1. The second-order valence-electron chi connectivity index (χ2n) is 8.60. The van der Waals surface area contributed by atoms with Crippen molar-refractivity contribution in [3.05, 3.63) is 41.5 Å². The Labute approximate surface area is 187 Å². The summed E-state index contributed by atoms with van der Waals surface area (Å²) in [6.45, 7) is 5.90. The average molecular weight is 443 g/mol. The second-order valence-corrected chi connectivity index (χ2v) is 8.60. The van der Waals surface area contributed by atoms with Crippen LogP contribution in [0.4, 0.5) is 4.79 Å². The van der Waals surface area contributed by atoms with Gasteiger partial charge in [0.15, 0.2) is 0 Å². The van der Waals surface area contributed by atoms with Gasteiger partial charge in [0.25, 0.3) is 0 Å². The highest BCUT2D eigenvalue weighted by molar-refractivity contribution is 6.05. The fourth-order valence-corrected chi connectivity index (χ4v) is 3.48. The first-order valence-corrected chi connectivity index (χ1v) is 10.6. The lowest BCUT2D eigenvalue weighted by Crippen LogP contribution is -2.44. The minimum Gasteiger partial charge on any atom is -0.481 e. The summed E-state index contributed by atoms with van der Waals surface area (Å²) in [6, 6.07) is 6.98. The first-order chi connectivity index (χ1) is 15.2. The number of aromatic nitrogens is 1. The number of alkyl carbamates (subject to hydrolysis) is 1. The molecule has 0 spiro atoms. The van der Waals surface area contributed by atoms with E-state index in [-0.39, 0.29) is 12.1 Å². The van der Waals surface area contributed by atoms with Gasteiger partial charge in [-0.05, 0) is 45.7 Å². The Hall–Kier alpha value is -3.13. The van der Waals surface area contributed by atoms with E-state index in [1.54, 1.807) is 25.3 Å². The predicted octanol–water partition coefficient (Wildman–Crippen LogP) is 4.12. The van der Waals surface area contributed by atoms with Crippen LogP contribution in [0.5, 0.6) is 5.88 Å². The van der Waals surface area contributed by atoms with Crippen molar-refractivity contribution in [1.29, 1.82) is 0 Å². The number of carbonyl (C=O) groups is 2. The van der Waals surface area contributed by atoms with Gasteiger partial charge >= 0.3 is 12.1 Å². The van der Waals surface area contributed by atoms with Gasteiger partial charge in [0.2, 0.25) is 5.88 Å². The van der Waals surface area contributed by atoms with Gasteiger partial charge < -0.3 is 24.3 Å². The van der Waals surface area contributed by atoms with Gasteiger partial charge in [0, 0.05) is 17.0 Å². The number of amides is 1. The Morgan fingerprint density at radius 2 is 1.94 bits per heavy atom. The van der Waals surface area contributed by atoms with E-state index in [4.69, 9.17) is 18.9 Å². The monoisotopic (exact) mass is 442 g/mol. The van der Waals surface area contributed by atoms with Crippen LogP contribution in [0.25, 0.3) is 17.0 Å². The van der Waals surface area contributed by atoms with Crippen LogP contribution in [-0.2, 0) is 14.2 Å². The number of fused-ring (bicyclic) bond motifs is 1. The summed E-state index contributed by atoms with van der Waals surface area (Å²) < 4.78 is 21.3. The van der Waals surface area contributed by atoms with Crippen LogP contribution in [0.2, 0.25) is 0 Å². The Morgan fingerprint density at radius 1 is 1.16 bits per heavy atom. The summed E-state index contributed by atoms with van der Waals surface area (Å²) >= 11 is 0. The fraction of sp³-hybridized carbons (Fsp3) is 0.458. The van der Waals surface area contributed by atoms with Crippen molar-refractivity contribution in [2.75, 3.05) is 20.8 Å². The number of methoxy groups -OCH3 is 2. The Bertz CT molecular complexity index is 1000. The van der Waals surface area contributed by atoms with Crippen molar-refractivity contribution in [2.45, 2.75) is 51.4 Å². The molecule has 1 amide bonds. The molecule has 1 aliphatic rings. The number of benzene rings is 1. The van der Waals surface area contributed by atoms with E-state index in [0.717, 1.165) is 18.4 Å². The van der Waals surface area contributed by atoms with E-state index in [2.05, 4.69) is 10.3 Å². The van der Waals surface area contributed by atoms with E-state index in [9.17, 15) is 9.59 Å². The summed E-state index contributed by atoms with van der Waals surface area (Å²) in [5, 5.41) is 3.54. The maximum absolute atomic E-state index is 12.1. The first kappa shape index (κ1) is 23.5. The molecule has 1 N–H and O–H groups in total. The number of nitrogens with one attached hydrogen (secondary N) is 1. The third kappa shape index (κ3) is 5.97. The summed E-state index contributed by atoms with van der Waals surface area (Å²) in [6.07, 6.45) is 4.92. The number of ether oxygens (including phenoxy) is 4. The van der Waals surface area contributed by atoms with E-state index >= 15 is 0 Å². The average Bonchev–Trinajstić information content (AvgIpc) is 2.76. The molecule has 0 radical (unpaired) electrons. The van der Waals surface area contributed by atoms with Crippen molar-refractivity contribution < 1.29 is 28.5 Å². The molecule has 8 nitrogen and oxygen atoms in total. The molecule has 8 heteroatoms. The number of pyridine rings is 1. The molecular formula is C24H30N2O6. The van der Waals surface area contributed by atoms with Crippen LogP contribution in [0.1, 0.15) is 49.5 Å². The molecule has 1 aromatic carbocycles. The molecular weight excluding hydrogens is 412 g/mol. The molecule has 2 heterocycles. The summed E-state index contributed by atoms with van der Waals surface area (Å²) in [7, 11) is 2.90. The summed E-state index contributed by atoms with van der Waals surface area (Å²) in [5.74, 6) is 0.0378. The molecule has 172 valence electrons. The first-order valence-electron chi connectivity index (χ1n) is 10.6. The lowest BCUT2D eigenvalue weighted by molar-refractivity contribution is 0.0136. The third-order valence-electron chi connectivity index (χ3n) is 5.00. The standard InChI is InChI=1S/C24H30N2O6/c1-24(2,3)32-23(28)25-16-8-10-17(31-14-16)9-6-15-7-11-19(22(27)30-5)18-12-13-20(29-4)26-21(15)18/h6-7,9,11-13,16-17H,8,10,14H2,1-5H3,(H,25,28). The van der Waals surface area contributed by atoms with E-state index in [1.165, 1.54) is 7.11 Å². The van der Waals surface area contributed by atoms with E-state index in [1.807, 2.05) is 39.0 Å². The number of rotatable bonds is 5. The predicted molar refractivity (Wildman–Crippen MR) is 121 cm³/mol. The number of hydrogen-bond donors (Lipinski definition) is 1. The zero-order valence-electron chi connectivity index (χ0n) is 19.1. The molecule has 0 bridgehead atoms. The Kier molecular flexibility index (Phi) is 7.35. The zero-order chi connectivity index (χ0) is 23.3. The van der Waals surface area contributed by atoms with Crippen molar-refractivity contribution in [3.8, 4) is 5.88 Å². The van der Waals surface area contributed by atoms with Crippen LogP contribution in [0.3, 0.4) is 0 Å². The van der Waals surface area contributed by atoms with Crippen molar-refractivity contribution >= 4 is 29.0 Å².